The Morgan fingerprint density at radius 2 is 0.917 bits per heavy atom. The van der Waals surface area contributed by atoms with Gasteiger partial charge in [-0.2, -0.15) is 12.6 Å². The SMILES string of the molecule is CC[C@H](C)[C@H](NC(=O)CNC(=O)[C@H](C)N)C(=O)N[C@@H](Cc1ccccc1)C(=O)NCC(=O)N[C@@H](CC(N)=O)C(=O)NCC(=O)N[C@H](C(=O)N[C@@H](CCC(=O)O)C(=O)N[C@@H](CO)C(=O)N[C@@H](CS)C(=O)N[C@@H](Cc1c[nH]cn1)C(=O)N[C@H](C(=O)N[C@@H](CC(C)C)C(=O)N1CCC[C@H]1C(=O)N[C@@H](Cc1c[nH]cn1)C(=O)N[C@@H](CO)C(=O)N[C@@H](C)C(=O)N[C@H](C(=O)N[C@@H](CCCNC(=N)N)C(=O)O)[C@@H](C)O)[C@@H](C)O)C(C)C. The van der Waals surface area contributed by atoms with Gasteiger partial charge >= 0.3 is 11.9 Å². The van der Waals surface area contributed by atoms with E-state index >= 15 is 0 Å². The first-order chi connectivity index (χ1) is 67.8. The predicted molar refractivity (Wildman–Crippen MR) is 509 cm³/mol. The molecule has 1 fully saturated rings. The van der Waals surface area contributed by atoms with E-state index in [1.54, 1.807) is 58.0 Å². The first-order valence-electron chi connectivity index (χ1n) is 46.2. The molecule has 57 heteroatoms. The molecule has 4 rings (SSSR count). The molecule has 0 aliphatic carbocycles. The number of hydrogen-bond donors (Lipinski definition) is 32. The van der Waals surface area contributed by atoms with Crippen molar-refractivity contribution in [3.8, 4) is 0 Å². The number of aromatic nitrogens is 4. The maximum Gasteiger partial charge on any atom is 0.326 e. The third-order valence-corrected chi connectivity index (χ3v) is 22.7. The highest BCUT2D eigenvalue weighted by molar-refractivity contribution is 7.80. The van der Waals surface area contributed by atoms with Crippen LogP contribution in [-0.4, -0.2) is 358 Å². The number of aliphatic hydroxyl groups is 4. The van der Waals surface area contributed by atoms with Crippen LogP contribution >= 0.6 is 12.6 Å². The minimum Gasteiger partial charge on any atom is -0.481 e. The highest BCUT2D eigenvalue weighted by atomic mass is 32.1. The fraction of sp³-hybridized carbons (Fsp3) is 0.598. The van der Waals surface area contributed by atoms with Crippen LogP contribution in [0.1, 0.15) is 144 Å². The molecule has 1 aliphatic heterocycles. The van der Waals surface area contributed by atoms with E-state index in [4.69, 9.17) is 22.6 Å². The van der Waals surface area contributed by atoms with Gasteiger partial charge in [0.25, 0.3) is 0 Å². The molecule has 2 aromatic heterocycles. The number of primary amides is 1. The van der Waals surface area contributed by atoms with Crippen LogP contribution in [0.15, 0.2) is 55.4 Å². The second-order valence-electron chi connectivity index (χ2n) is 35.0. The van der Waals surface area contributed by atoms with E-state index in [1.165, 1.54) is 45.8 Å². The van der Waals surface area contributed by atoms with Gasteiger partial charge in [-0.25, -0.2) is 14.8 Å². The van der Waals surface area contributed by atoms with E-state index < -0.39 is 327 Å². The summed E-state index contributed by atoms with van der Waals surface area (Å²) in [4.78, 5) is 314. The van der Waals surface area contributed by atoms with Crippen molar-refractivity contribution >= 4 is 149 Å². The summed E-state index contributed by atoms with van der Waals surface area (Å²) < 4.78 is 0. The van der Waals surface area contributed by atoms with E-state index in [9.17, 15) is 136 Å². The molecule has 20 atom stereocenters. The zero-order chi connectivity index (χ0) is 108. The Balaban J connectivity index is 1.45. The number of guanidine groups is 1. The lowest BCUT2D eigenvalue weighted by atomic mass is 9.97. The highest BCUT2D eigenvalue weighted by Gasteiger charge is 2.44. The van der Waals surface area contributed by atoms with Crippen LogP contribution in [0.5, 0.6) is 0 Å². The predicted octanol–water partition coefficient (Wildman–Crippen LogP) is -12.3. The summed E-state index contributed by atoms with van der Waals surface area (Å²) in [5, 5.41) is 114. The average molecular weight is 2050 g/mol. The lowest BCUT2D eigenvalue weighted by molar-refractivity contribution is -0.143. The fourth-order valence-corrected chi connectivity index (χ4v) is 14.4. The van der Waals surface area contributed by atoms with Gasteiger partial charge in [0.15, 0.2) is 5.96 Å². The van der Waals surface area contributed by atoms with Crippen LogP contribution in [-0.2, 0) is 125 Å². The third kappa shape index (κ3) is 41.9. The van der Waals surface area contributed by atoms with Gasteiger partial charge in [0, 0.05) is 56.9 Å². The molecule has 56 nitrogen and oxygen atoms in total. The van der Waals surface area contributed by atoms with Gasteiger partial charge in [-0.05, 0) is 89.5 Å². The molecule has 0 radical (unpaired) electrons. The second-order valence-corrected chi connectivity index (χ2v) is 35.4. The van der Waals surface area contributed by atoms with Crippen molar-refractivity contribution in [3.63, 3.8) is 0 Å². The number of amides is 20. The smallest absolute Gasteiger partial charge is 0.326 e. The molecule has 144 heavy (non-hydrogen) atoms. The van der Waals surface area contributed by atoms with Crippen LogP contribution in [0.3, 0.4) is 0 Å². The number of thiol groups is 1. The van der Waals surface area contributed by atoms with E-state index in [0.717, 1.165) is 25.7 Å². The Bertz CT molecular complexity index is 4900. The maximum absolute atomic E-state index is 14.9. The number of benzene rings is 1. The van der Waals surface area contributed by atoms with Crippen molar-refractivity contribution < 1.29 is 136 Å². The Labute approximate surface area is 832 Å². The molecular weight excluding hydrogens is 1920 g/mol. The Hall–Kier alpha value is -14.6. The van der Waals surface area contributed by atoms with Crippen molar-refractivity contribution in [1.82, 2.24) is 126 Å². The minimum atomic E-state index is -2.01. The molecule has 34 N–H and O–H groups in total. The number of H-pyrrole nitrogens is 2. The van der Waals surface area contributed by atoms with Crippen molar-refractivity contribution in [3.05, 3.63) is 72.3 Å². The lowest BCUT2D eigenvalue weighted by Gasteiger charge is -2.32. The number of carboxylic acid groups (broad SMARTS) is 2. The summed E-state index contributed by atoms with van der Waals surface area (Å²) in [7, 11) is 0. The van der Waals surface area contributed by atoms with Crippen LogP contribution < -0.4 is 118 Å². The Morgan fingerprint density at radius 3 is 1.40 bits per heavy atom. The first-order valence-corrected chi connectivity index (χ1v) is 46.9. The van der Waals surface area contributed by atoms with Gasteiger partial charge in [-0.3, -0.25) is 106 Å². The van der Waals surface area contributed by atoms with Crippen molar-refractivity contribution in [2.75, 3.05) is 51.7 Å². The fourth-order valence-electron chi connectivity index (χ4n) is 14.2. The summed E-state index contributed by atoms with van der Waals surface area (Å²) >= 11 is 4.21. The van der Waals surface area contributed by atoms with Crippen LogP contribution in [0, 0.1) is 23.2 Å². The molecular formula is C87H136N28O28S. The molecule has 0 unspecified atom stereocenters. The number of hydrogen-bond acceptors (Lipinski definition) is 31. The normalized spacial score (nSPS) is 16.2. The number of carboxylic acids is 2. The van der Waals surface area contributed by atoms with Crippen molar-refractivity contribution in [2.24, 2.45) is 35.0 Å². The molecule has 0 spiro atoms. The number of aliphatic hydroxyl groups excluding tert-OH is 4. The minimum absolute atomic E-state index is 0.0140. The summed E-state index contributed by atoms with van der Waals surface area (Å²) in [5.41, 5.74) is 17.1. The van der Waals surface area contributed by atoms with E-state index in [-0.39, 0.29) is 75.4 Å². The van der Waals surface area contributed by atoms with E-state index in [2.05, 4.69) is 134 Å². The molecule has 1 aromatic carbocycles. The summed E-state index contributed by atoms with van der Waals surface area (Å²) in [6.45, 7) is 9.65. The van der Waals surface area contributed by atoms with Crippen LogP contribution in [0.4, 0.5) is 0 Å². The van der Waals surface area contributed by atoms with Crippen molar-refractivity contribution in [2.45, 2.75) is 261 Å². The second kappa shape index (κ2) is 61.3. The summed E-state index contributed by atoms with van der Waals surface area (Å²) in [5.74, 6) is -26.8. The molecule has 3 aromatic rings. The number of carbonyl (C=O) groups is 22. The standard InChI is InChI=1S/C87H136N28O28S/c1-11-42(6)67(112-64(123)33-95-70(126)43(7)88)82(138)106-52(26-47-17-13-12-14-18-47)72(128)96-32-62(121)101-55(29-61(89)120)73(129)97-34-63(122)111-66(41(4)5)81(137)102-50(21-22-65(124)125)74(130)108-58(36-117)78(134)110-59(37-144)79(135)104-54(28-49-31-93-39-99-49)76(132)114-69(46(10)119)84(140)107-56(25-40(2)3)85(141)115-24-16-20-60(115)80(136)105-53(27-48-30-92-38-98-48)75(131)109-57(35-116)77(133)100-44(8)71(127)113-68(45(9)118)83(139)103-51(86(142)143)19-15-23-94-87(90)91/h12-14,17-18,30-31,38-46,50-60,66-69,116-119,144H,11,15-16,19-29,32-37,88H2,1-10H3,(H2,89,120)(H,92,98)(H,93,99)(H,95,126)(H,96,128)(H,97,129)(H,100,133)(H,101,121)(H,102,137)(H,103,139)(H,104,135)(H,105,136)(H,106,138)(H,107,140)(H,108,130)(H,109,131)(H,110,134)(H,111,122)(H,112,123)(H,113,127)(H,114,132)(H,124,125)(H,142,143)(H4,90,91,94)/t42-,43-,44-,45+,46+,50-,51-,52-,53-,54-,55-,56-,57-,58-,59-,60-,66-,67-,68-,69-/m0/s1. The molecule has 0 bridgehead atoms. The number of aromatic amines is 2. The zero-order valence-corrected chi connectivity index (χ0v) is 82.1. The zero-order valence-electron chi connectivity index (χ0n) is 81.2. The number of carbonyl (C=O) groups excluding carboxylic acids is 20. The molecule has 1 saturated heterocycles. The lowest BCUT2D eigenvalue weighted by Crippen LogP contribution is -2.63. The van der Waals surface area contributed by atoms with Gasteiger partial charge in [-0.15, -0.1) is 0 Å². The van der Waals surface area contributed by atoms with Crippen LogP contribution in [0.2, 0.25) is 0 Å². The average Bonchev–Trinajstić information content (AvgIpc) is 1.63. The highest BCUT2D eigenvalue weighted by Crippen LogP contribution is 2.23. The Kier molecular flexibility index (Phi) is 51.8. The molecule has 1 aliphatic rings. The first kappa shape index (κ1) is 122. The number of aliphatic carboxylic acids is 2. The number of likely N-dealkylation sites (tertiary alicyclic amines) is 1. The van der Waals surface area contributed by atoms with E-state index in [0.29, 0.717) is 12.0 Å². The monoisotopic (exact) mass is 2050 g/mol. The molecule has 3 heterocycles. The summed E-state index contributed by atoms with van der Waals surface area (Å²) in [6, 6.07) is -19.2. The maximum atomic E-state index is 14.9. The van der Waals surface area contributed by atoms with E-state index in [1.807, 2.05) is 0 Å². The number of nitrogens with two attached hydrogens (primary N) is 3. The van der Waals surface area contributed by atoms with Gasteiger partial charge in [0.2, 0.25) is 118 Å². The number of nitrogens with one attached hydrogen (secondary N) is 22. The number of rotatable bonds is 63. The van der Waals surface area contributed by atoms with Gasteiger partial charge in [-0.1, -0.05) is 78.3 Å². The van der Waals surface area contributed by atoms with Gasteiger partial charge in [0.1, 0.15) is 96.7 Å². The van der Waals surface area contributed by atoms with Gasteiger partial charge in [0.05, 0.1) is 81.6 Å². The third-order valence-electron chi connectivity index (χ3n) is 22.3. The molecule has 0 saturated carbocycles. The van der Waals surface area contributed by atoms with Crippen molar-refractivity contribution in [1.29, 1.82) is 5.41 Å². The Morgan fingerprint density at radius 1 is 0.479 bits per heavy atom. The number of nitrogens with zero attached hydrogens (tertiary/aromatic N) is 3. The van der Waals surface area contributed by atoms with Crippen LogP contribution in [0.25, 0.3) is 0 Å². The topological polar surface area (TPSA) is 888 Å². The van der Waals surface area contributed by atoms with Gasteiger partial charge < -0.3 is 164 Å². The molecule has 20 amide bonds. The quantitative estimate of drug-likeness (QED) is 0.0108. The largest absolute Gasteiger partial charge is 0.481 e. The molecule has 798 valence electrons. The summed E-state index contributed by atoms with van der Waals surface area (Å²) in [6.07, 6.45) is -1.23. The number of imidazole rings is 2.